The first kappa shape index (κ1) is 11.5. The van der Waals surface area contributed by atoms with Crippen molar-refractivity contribution >= 4 is 0 Å². The largest absolute Gasteiger partial charge is 0.303 e. The summed E-state index contributed by atoms with van der Waals surface area (Å²) in [6.07, 6.45) is 11.4. The lowest BCUT2D eigenvalue weighted by atomic mass is 10.1. The van der Waals surface area contributed by atoms with Gasteiger partial charge in [0, 0.05) is 24.3 Å². The van der Waals surface area contributed by atoms with Gasteiger partial charge in [-0.3, -0.25) is 4.57 Å². The summed E-state index contributed by atoms with van der Waals surface area (Å²) in [7, 11) is 0. The fraction of sp³-hybridized carbons (Fsp3) is 0.0625. The fourth-order valence-electron chi connectivity index (χ4n) is 2.10. The Bertz CT molecular complexity index is 660. The Morgan fingerprint density at radius 3 is 2.68 bits per heavy atom. The Morgan fingerprint density at radius 1 is 1.16 bits per heavy atom. The van der Waals surface area contributed by atoms with E-state index in [1.807, 2.05) is 35.2 Å². The summed E-state index contributed by atoms with van der Waals surface area (Å²) >= 11 is 0. The van der Waals surface area contributed by atoms with E-state index in [0.717, 1.165) is 17.9 Å². The van der Waals surface area contributed by atoms with Crippen LogP contribution < -0.4 is 0 Å². The Kier molecular flexibility index (Phi) is 3.02. The molecule has 2 heterocycles. The van der Waals surface area contributed by atoms with Crippen molar-refractivity contribution in [1.82, 2.24) is 14.1 Å². The van der Waals surface area contributed by atoms with E-state index in [4.69, 9.17) is 0 Å². The standard InChI is InChI=1S/C16H14N3/c1-2-4-14-6-8-15(9-7-14)19-11-3-5-16(19)18-12-10-17-13-18/h2-3,5-12H,1,4H2. The molecular formula is C16H14N3. The number of aromatic nitrogens is 3. The van der Waals surface area contributed by atoms with Crippen LogP contribution in [0.3, 0.4) is 0 Å². The number of hydrogen-bond acceptors (Lipinski definition) is 1. The van der Waals surface area contributed by atoms with Gasteiger partial charge in [0.15, 0.2) is 6.33 Å². The van der Waals surface area contributed by atoms with E-state index in [1.54, 1.807) is 6.20 Å². The number of hydrogen-bond donors (Lipinski definition) is 0. The number of allylic oxidation sites excluding steroid dienone is 1. The topological polar surface area (TPSA) is 22.8 Å². The second kappa shape index (κ2) is 4.98. The van der Waals surface area contributed by atoms with Gasteiger partial charge in [0.05, 0.1) is 0 Å². The highest BCUT2D eigenvalue weighted by Crippen LogP contribution is 2.17. The maximum absolute atomic E-state index is 3.96. The minimum Gasteiger partial charge on any atom is -0.303 e. The van der Waals surface area contributed by atoms with E-state index in [1.165, 1.54) is 5.56 Å². The van der Waals surface area contributed by atoms with Crippen LogP contribution >= 0.6 is 0 Å². The number of rotatable bonds is 4. The minimum atomic E-state index is 0.897. The third-order valence-electron chi connectivity index (χ3n) is 3.02. The molecule has 3 heteroatoms. The molecule has 0 saturated carbocycles. The molecule has 3 aromatic rings. The molecule has 0 spiro atoms. The molecule has 3 rings (SSSR count). The minimum absolute atomic E-state index is 0.897. The maximum atomic E-state index is 3.96. The zero-order valence-electron chi connectivity index (χ0n) is 10.5. The Labute approximate surface area is 112 Å². The lowest BCUT2D eigenvalue weighted by Gasteiger charge is -2.10. The Balaban J connectivity index is 1.98. The van der Waals surface area contributed by atoms with Crippen molar-refractivity contribution in [3.8, 4) is 11.5 Å². The van der Waals surface area contributed by atoms with Crippen molar-refractivity contribution in [3.05, 3.63) is 79.5 Å². The average molecular weight is 248 g/mol. The van der Waals surface area contributed by atoms with E-state index in [2.05, 4.69) is 46.7 Å². The first-order valence-corrected chi connectivity index (χ1v) is 6.17. The first-order chi connectivity index (χ1) is 9.38. The van der Waals surface area contributed by atoms with Gasteiger partial charge in [-0.1, -0.05) is 18.2 Å². The SMILES string of the molecule is C=CCc1ccc(-n2cccc2-n2[c]ncc2)cc1. The van der Waals surface area contributed by atoms with Crippen LogP contribution in [0.1, 0.15) is 5.56 Å². The molecular weight excluding hydrogens is 234 g/mol. The molecule has 0 atom stereocenters. The number of nitrogens with zero attached hydrogens (tertiary/aromatic N) is 3. The molecule has 2 aromatic heterocycles. The molecule has 0 amide bonds. The molecule has 93 valence electrons. The fourth-order valence-corrected chi connectivity index (χ4v) is 2.10. The predicted octanol–water partition coefficient (Wildman–Crippen LogP) is 3.19. The normalized spacial score (nSPS) is 10.5. The van der Waals surface area contributed by atoms with E-state index in [9.17, 15) is 0 Å². The maximum Gasteiger partial charge on any atom is 0.182 e. The second-order valence-corrected chi connectivity index (χ2v) is 4.29. The van der Waals surface area contributed by atoms with Crippen molar-refractivity contribution in [2.75, 3.05) is 0 Å². The second-order valence-electron chi connectivity index (χ2n) is 4.29. The van der Waals surface area contributed by atoms with Crippen LogP contribution in [0.25, 0.3) is 11.5 Å². The molecule has 0 aliphatic heterocycles. The third kappa shape index (κ3) is 2.22. The van der Waals surface area contributed by atoms with Gasteiger partial charge in [-0.05, 0) is 36.2 Å². The highest BCUT2D eigenvalue weighted by Gasteiger charge is 2.04. The quantitative estimate of drug-likeness (QED) is 0.650. The summed E-state index contributed by atoms with van der Waals surface area (Å²) in [5.74, 6) is 1.02. The zero-order chi connectivity index (χ0) is 13.1. The van der Waals surface area contributed by atoms with E-state index in [-0.39, 0.29) is 0 Å². The van der Waals surface area contributed by atoms with Gasteiger partial charge in [-0.2, -0.15) is 0 Å². The van der Waals surface area contributed by atoms with Gasteiger partial charge in [-0.15, -0.1) is 6.58 Å². The molecule has 0 N–H and O–H groups in total. The van der Waals surface area contributed by atoms with E-state index in [0.29, 0.717) is 0 Å². The summed E-state index contributed by atoms with van der Waals surface area (Å²) in [5.41, 5.74) is 2.39. The van der Waals surface area contributed by atoms with Gasteiger partial charge in [-0.25, -0.2) is 4.98 Å². The molecule has 0 bridgehead atoms. The van der Waals surface area contributed by atoms with Crippen LogP contribution in [0.2, 0.25) is 0 Å². The molecule has 3 nitrogen and oxygen atoms in total. The van der Waals surface area contributed by atoms with Crippen LogP contribution in [0, 0.1) is 6.33 Å². The third-order valence-corrected chi connectivity index (χ3v) is 3.02. The van der Waals surface area contributed by atoms with Crippen LogP contribution in [0.15, 0.2) is 67.6 Å². The van der Waals surface area contributed by atoms with E-state index >= 15 is 0 Å². The van der Waals surface area contributed by atoms with Gasteiger partial charge in [0.1, 0.15) is 5.82 Å². The Hall–Kier alpha value is -2.55. The highest BCUT2D eigenvalue weighted by atomic mass is 15.2. The van der Waals surface area contributed by atoms with Crippen molar-refractivity contribution < 1.29 is 0 Å². The first-order valence-electron chi connectivity index (χ1n) is 6.17. The lowest BCUT2D eigenvalue weighted by Crippen LogP contribution is -2.01. The van der Waals surface area contributed by atoms with Crippen LogP contribution in [-0.2, 0) is 6.42 Å². The average Bonchev–Trinajstić information content (AvgIpc) is 3.11. The molecule has 0 fully saturated rings. The van der Waals surface area contributed by atoms with Gasteiger partial charge in [0.25, 0.3) is 0 Å². The van der Waals surface area contributed by atoms with Crippen molar-refractivity contribution in [1.29, 1.82) is 0 Å². The molecule has 1 aromatic carbocycles. The summed E-state index contributed by atoms with van der Waals surface area (Å²) in [6.45, 7) is 3.76. The Morgan fingerprint density at radius 2 is 2.00 bits per heavy atom. The summed E-state index contributed by atoms with van der Waals surface area (Å²) in [5, 5.41) is 0. The lowest BCUT2D eigenvalue weighted by molar-refractivity contribution is 0.918. The summed E-state index contributed by atoms with van der Waals surface area (Å²) < 4.78 is 3.98. The monoisotopic (exact) mass is 248 g/mol. The predicted molar refractivity (Wildman–Crippen MR) is 75.6 cm³/mol. The molecule has 19 heavy (non-hydrogen) atoms. The van der Waals surface area contributed by atoms with Crippen LogP contribution in [0.5, 0.6) is 0 Å². The van der Waals surface area contributed by atoms with E-state index < -0.39 is 0 Å². The van der Waals surface area contributed by atoms with Crippen LogP contribution in [0.4, 0.5) is 0 Å². The summed E-state index contributed by atoms with van der Waals surface area (Å²) in [6, 6.07) is 12.5. The van der Waals surface area contributed by atoms with Crippen molar-refractivity contribution in [2.24, 2.45) is 0 Å². The van der Waals surface area contributed by atoms with Crippen molar-refractivity contribution in [3.63, 3.8) is 0 Å². The molecule has 0 aliphatic carbocycles. The van der Waals surface area contributed by atoms with Gasteiger partial charge in [0.2, 0.25) is 0 Å². The smallest absolute Gasteiger partial charge is 0.182 e. The molecule has 0 aliphatic rings. The van der Waals surface area contributed by atoms with Crippen molar-refractivity contribution in [2.45, 2.75) is 6.42 Å². The number of benzene rings is 1. The number of imidazole rings is 1. The van der Waals surface area contributed by atoms with Gasteiger partial charge >= 0.3 is 0 Å². The highest BCUT2D eigenvalue weighted by molar-refractivity contribution is 5.42. The molecule has 0 saturated heterocycles. The molecule has 0 unspecified atom stereocenters. The molecule has 1 radical (unpaired) electrons. The zero-order valence-corrected chi connectivity index (χ0v) is 10.5. The van der Waals surface area contributed by atoms with Crippen LogP contribution in [-0.4, -0.2) is 14.1 Å². The summed E-state index contributed by atoms with van der Waals surface area (Å²) in [4.78, 5) is 3.96. The van der Waals surface area contributed by atoms with Gasteiger partial charge < -0.3 is 4.57 Å².